The summed E-state index contributed by atoms with van der Waals surface area (Å²) in [7, 11) is 2.49. The van der Waals surface area contributed by atoms with Crippen LogP contribution in [0.4, 0.5) is 0 Å². The van der Waals surface area contributed by atoms with Gasteiger partial charge >= 0.3 is 5.97 Å². The average molecular weight is 870 g/mol. The van der Waals surface area contributed by atoms with Crippen LogP contribution in [-0.4, -0.2) is 156 Å². The van der Waals surface area contributed by atoms with Crippen LogP contribution in [0.25, 0.3) is 11.1 Å². The summed E-state index contributed by atoms with van der Waals surface area (Å²) in [5, 5.41) is 105. The number of phenolic OH excluding ortho intramolecular Hbond substituents is 3. The minimum absolute atomic E-state index is 0.00304. The normalized spacial score (nSPS) is 29.4. The number of aliphatic carboxylic acids is 1. The summed E-state index contributed by atoms with van der Waals surface area (Å²) in [5.41, 5.74) is -3.76. The Morgan fingerprint density at radius 3 is 2.16 bits per heavy atom. The van der Waals surface area contributed by atoms with E-state index in [9.17, 15) is 70.0 Å². The molecular weight excluding hydrogens is 826 g/mol. The van der Waals surface area contributed by atoms with Crippen LogP contribution in [0.5, 0.6) is 23.0 Å². The van der Waals surface area contributed by atoms with Gasteiger partial charge in [-0.25, -0.2) is 0 Å². The number of benzene rings is 3. The van der Waals surface area contributed by atoms with Crippen LogP contribution in [0.1, 0.15) is 84.9 Å². The van der Waals surface area contributed by atoms with Crippen molar-refractivity contribution in [2.45, 2.75) is 94.3 Å². The summed E-state index contributed by atoms with van der Waals surface area (Å²) in [6.45, 7) is 3.48. The Kier molecular flexibility index (Phi) is 11.8. The van der Waals surface area contributed by atoms with Gasteiger partial charge in [-0.15, -0.1) is 4.91 Å². The van der Waals surface area contributed by atoms with Gasteiger partial charge in [-0.1, -0.05) is 6.07 Å². The molecule has 3 aromatic carbocycles. The SMILES string of the molecule is COc1cc(O)c2c(c1)C(=O)c1c(cc3c(c1O)-c1c(cc(C)c(C(=O)N[C@H](C)C(=O)O)c1O)[C@H](O[C@@H]1O[C@H](C)[C@H](N(C)N=O)[C@H](O[C@@H]4OC[C@@H](O)[C@H](O)[C@H]4O)[C@H]1O)[C@H]3O)C2=O. The lowest BCUT2D eigenvalue weighted by Gasteiger charge is -2.48. The number of methoxy groups -OCH3 is 1. The fraction of sp³-hybridized carbons (Fsp3) is 0.450. The van der Waals surface area contributed by atoms with Gasteiger partial charge < -0.3 is 75.0 Å². The number of aromatic hydroxyl groups is 3. The monoisotopic (exact) mass is 869 g/mol. The van der Waals surface area contributed by atoms with Crippen LogP contribution in [0.2, 0.25) is 0 Å². The number of likely N-dealkylation sites (N-methyl/N-ethyl adjacent to an activating group) is 1. The number of ether oxygens (including phenoxy) is 5. The van der Waals surface area contributed by atoms with Crippen molar-refractivity contribution in [1.82, 2.24) is 10.3 Å². The first-order valence-corrected chi connectivity index (χ1v) is 19.1. The number of hydrogen-bond donors (Lipinski definition) is 10. The molecule has 62 heavy (non-hydrogen) atoms. The highest BCUT2D eigenvalue weighted by molar-refractivity contribution is 6.31. The standard InChI is InChI=1S/C40H43N3O19/c1-11-6-18-24(31(50)21(11)37(54)41-12(2)38(55)56)23-16(9-17-25(32(23)51)28(47)15-7-14(58-5)8-19(44)22(15)27(17)46)29(48)35(18)61-40-34(53)36(26(13(3)60-40)43(4)42-57)62-39-33(52)30(49)20(45)10-59-39/h6-9,12-13,20,26,29-30,33-36,39-40,44-45,48-53H,10H2,1-5H3,(H,41,54)(H,55,56)/t12-,13-,20-,26+,29+,30+,33-,34-,35+,36+,39+,40+/m1/s1. The molecule has 2 saturated heterocycles. The van der Waals surface area contributed by atoms with Gasteiger partial charge in [0.15, 0.2) is 24.1 Å². The first-order valence-electron chi connectivity index (χ1n) is 19.1. The van der Waals surface area contributed by atoms with Crippen LogP contribution >= 0.6 is 0 Å². The number of carboxylic acids is 1. The number of nitrogens with one attached hydrogen (secondary N) is 1. The van der Waals surface area contributed by atoms with E-state index >= 15 is 0 Å². The summed E-state index contributed by atoms with van der Waals surface area (Å²) in [5.74, 6) is -6.87. The van der Waals surface area contributed by atoms with E-state index in [0.717, 1.165) is 17.1 Å². The number of nitroso groups, excluding NO2 is 1. The van der Waals surface area contributed by atoms with E-state index in [1.54, 1.807) is 0 Å². The van der Waals surface area contributed by atoms with Crippen molar-refractivity contribution in [1.29, 1.82) is 0 Å². The zero-order chi connectivity index (χ0) is 45.4. The predicted molar refractivity (Wildman–Crippen MR) is 205 cm³/mol. The van der Waals surface area contributed by atoms with Gasteiger partial charge in [0.2, 0.25) is 0 Å². The number of carbonyl (C=O) groups excluding carboxylic acids is 3. The maximum atomic E-state index is 14.1. The Bertz CT molecular complexity index is 2370. The number of aliphatic hydroxyl groups is 5. The molecule has 22 nitrogen and oxygen atoms in total. The third kappa shape index (κ3) is 7.07. The highest BCUT2D eigenvalue weighted by Crippen LogP contribution is 2.57. The Hall–Kier alpha value is -5.82. The maximum Gasteiger partial charge on any atom is 0.325 e. The molecule has 0 radical (unpaired) electrons. The lowest BCUT2D eigenvalue weighted by molar-refractivity contribution is -0.346. The van der Waals surface area contributed by atoms with Gasteiger partial charge in [0.05, 0.1) is 41.8 Å². The van der Waals surface area contributed by atoms with Crippen LogP contribution < -0.4 is 10.1 Å². The Morgan fingerprint density at radius 2 is 1.52 bits per heavy atom. The first kappa shape index (κ1) is 44.2. The summed E-state index contributed by atoms with van der Waals surface area (Å²) in [4.78, 5) is 65.1. The van der Waals surface area contributed by atoms with Crippen molar-refractivity contribution >= 4 is 23.4 Å². The second kappa shape index (κ2) is 16.5. The number of carboxylic acid groups (broad SMARTS) is 1. The van der Waals surface area contributed by atoms with Crippen molar-refractivity contribution in [2.75, 3.05) is 20.8 Å². The summed E-state index contributed by atoms with van der Waals surface area (Å²) >= 11 is 0. The number of aryl methyl sites for hydroxylation is 1. The minimum Gasteiger partial charge on any atom is -0.507 e. The van der Waals surface area contributed by atoms with E-state index in [1.807, 2.05) is 0 Å². The van der Waals surface area contributed by atoms with E-state index in [-0.39, 0.29) is 28.0 Å². The second-order valence-corrected chi connectivity index (χ2v) is 15.5. The molecule has 2 heterocycles. The number of amides is 1. The quantitative estimate of drug-likeness (QED) is 0.0727. The Balaban J connectivity index is 1.38. The largest absolute Gasteiger partial charge is 0.507 e. The molecule has 2 aliphatic heterocycles. The van der Waals surface area contributed by atoms with Gasteiger partial charge in [-0.2, -0.15) is 0 Å². The molecule has 332 valence electrons. The number of fused-ring (bicyclic) bond motifs is 5. The molecule has 0 spiro atoms. The molecule has 2 fully saturated rings. The van der Waals surface area contributed by atoms with E-state index in [2.05, 4.69) is 10.6 Å². The highest BCUT2D eigenvalue weighted by atomic mass is 16.7. The topological polar surface area (TPSA) is 341 Å². The number of ketones is 2. The molecule has 2 aliphatic carbocycles. The number of hydrogen-bond acceptors (Lipinski definition) is 19. The number of rotatable bonds is 10. The number of carbonyl (C=O) groups is 4. The molecule has 0 aromatic heterocycles. The van der Waals surface area contributed by atoms with Crippen LogP contribution in [0.3, 0.4) is 0 Å². The zero-order valence-electron chi connectivity index (χ0n) is 33.4. The van der Waals surface area contributed by atoms with E-state index < -0.39 is 154 Å². The van der Waals surface area contributed by atoms with Gasteiger partial charge in [-0.3, -0.25) is 24.2 Å². The molecule has 3 aromatic rings. The molecular formula is C40H43N3O19. The minimum atomic E-state index is -1.96. The fourth-order valence-electron chi connectivity index (χ4n) is 8.45. The molecule has 10 N–H and O–H groups in total. The van der Waals surface area contributed by atoms with Crippen LogP contribution in [0, 0.1) is 11.8 Å². The third-order valence-electron chi connectivity index (χ3n) is 11.6. The third-order valence-corrected chi connectivity index (χ3v) is 11.6. The summed E-state index contributed by atoms with van der Waals surface area (Å²) < 4.78 is 28.8. The summed E-state index contributed by atoms with van der Waals surface area (Å²) in [6, 6.07) is 1.88. The molecule has 1 amide bonds. The van der Waals surface area contributed by atoms with Crippen molar-refractivity contribution in [2.24, 2.45) is 5.29 Å². The van der Waals surface area contributed by atoms with Gasteiger partial charge in [0.25, 0.3) is 5.91 Å². The molecule has 0 unspecified atom stereocenters. The van der Waals surface area contributed by atoms with Gasteiger partial charge in [0, 0.05) is 35.4 Å². The smallest absolute Gasteiger partial charge is 0.325 e. The highest BCUT2D eigenvalue weighted by Gasteiger charge is 2.53. The molecule has 4 aliphatic rings. The van der Waals surface area contributed by atoms with Crippen LogP contribution in [-0.2, 0) is 23.7 Å². The van der Waals surface area contributed by atoms with Crippen molar-refractivity contribution in [3.63, 3.8) is 0 Å². The van der Waals surface area contributed by atoms with Crippen molar-refractivity contribution in [3.05, 3.63) is 73.7 Å². The van der Waals surface area contributed by atoms with E-state index in [1.165, 1.54) is 47.1 Å². The number of nitrogens with zero attached hydrogens (tertiary/aromatic N) is 2. The van der Waals surface area contributed by atoms with Gasteiger partial charge in [-0.05, 0) is 49.6 Å². The van der Waals surface area contributed by atoms with Crippen molar-refractivity contribution in [3.8, 4) is 34.1 Å². The number of phenols is 3. The Labute approximate surface area is 350 Å². The number of aliphatic hydroxyl groups excluding tert-OH is 5. The predicted octanol–water partition coefficient (Wildman–Crippen LogP) is -0.218. The molecule has 22 heteroatoms. The van der Waals surface area contributed by atoms with E-state index in [4.69, 9.17) is 23.7 Å². The van der Waals surface area contributed by atoms with Gasteiger partial charge in [0.1, 0.15) is 77.8 Å². The Morgan fingerprint density at radius 1 is 0.871 bits per heavy atom. The zero-order valence-corrected chi connectivity index (χ0v) is 33.4. The lowest BCUT2D eigenvalue weighted by atomic mass is 9.74. The molecule has 12 atom stereocenters. The van der Waals surface area contributed by atoms with E-state index in [0.29, 0.717) is 0 Å². The van der Waals surface area contributed by atoms with Crippen LogP contribution in [0.15, 0.2) is 29.6 Å². The fourth-order valence-corrected chi connectivity index (χ4v) is 8.45. The average Bonchev–Trinajstić information content (AvgIpc) is 3.22. The molecule has 0 bridgehead atoms. The van der Waals surface area contributed by atoms with Crippen molar-refractivity contribution < 1.29 is 88.8 Å². The maximum absolute atomic E-state index is 14.1. The molecule has 0 saturated carbocycles. The first-order chi connectivity index (χ1) is 29.2. The summed E-state index contributed by atoms with van der Waals surface area (Å²) in [6.07, 6.45) is -17.0. The molecule has 7 rings (SSSR count). The second-order valence-electron chi connectivity index (χ2n) is 15.5. The lowest BCUT2D eigenvalue weighted by Crippen LogP contribution is -2.65.